The molecule has 3 aromatic rings. The maximum absolute atomic E-state index is 12.9. The molecule has 3 rings (SSSR count). The van der Waals surface area contributed by atoms with E-state index in [1.165, 1.54) is 18.2 Å². The molecule has 27 heavy (non-hydrogen) atoms. The summed E-state index contributed by atoms with van der Waals surface area (Å²) in [7, 11) is -3.37. The van der Waals surface area contributed by atoms with Gasteiger partial charge in [0.15, 0.2) is 9.84 Å². The average Bonchev–Trinajstić information content (AvgIpc) is 2.60. The molecule has 0 saturated carbocycles. The molecule has 0 aliphatic rings. The van der Waals surface area contributed by atoms with Crippen LogP contribution in [-0.2, 0) is 16.0 Å². The largest absolute Gasteiger partial charge is 0.451 e. The molecule has 0 aliphatic heterocycles. The van der Waals surface area contributed by atoms with Crippen LogP contribution >= 0.6 is 11.6 Å². The number of benzene rings is 2. The molecule has 0 amide bonds. The second-order valence-corrected chi connectivity index (χ2v) is 8.20. The van der Waals surface area contributed by atoms with Crippen molar-refractivity contribution in [3.8, 4) is 22.4 Å². The highest BCUT2D eigenvalue weighted by molar-refractivity contribution is 7.90. The van der Waals surface area contributed by atoms with Gasteiger partial charge in [-0.25, -0.2) is 18.4 Å². The molecule has 9 heteroatoms. The first-order chi connectivity index (χ1) is 12.6. The minimum Gasteiger partial charge on any atom is -0.233 e. The molecule has 140 valence electrons. The van der Waals surface area contributed by atoms with Crippen molar-refractivity contribution in [3.05, 3.63) is 65.6 Å². The summed E-state index contributed by atoms with van der Waals surface area (Å²) in [5.74, 6) is -1.24. The maximum atomic E-state index is 12.9. The zero-order valence-corrected chi connectivity index (χ0v) is 15.4. The predicted molar refractivity (Wildman–Crippen MR) is 96.0 cm³/mol. The van der Waals surface area contributed by atoms with Crippen molar-refractivity contribution in [2.75, 3.05) is 6.26 Å². The van der Waals surface area contributed by atoms with E-state index in [0.717, 1.165) is 12.5 Å². The SMILES string of the molecule is CS(=O)(=O)c1ccc(-c2cc(Cl)ccc2-c2ccnc(C(F)(F)F)n2)cc1. The van der Waals surface area contributed by atoms with E-state index in [4.69, 9.17) is 11.6 Å². The number of alkyl halides is 3. The Morgan fingerprint density at radius 2 is 1.63 bits per heavy atom. The van der Waals surface area contributed by atoms with Crippen molar-refractivity contribution in [1.82, 2.24) is 9.97 Å². The van der Waals surface area contributed by atoms with Gasteiger partial charge in [0.05, 0.1) is 10.6 Å². The summed E-state index contributed by atoms with van der Waals surface area (Å²) >= 11 is 6.05. The molecule has 0 spiro atoms. The third-order valence-electron chi connectivity index (χ3n) is 3.76. The molecule has 0 atom stereocenters. The van der Waals surface area contributed by atoms with Crippen LogP contribution in [0.1, 0.15) is 5.82 Å². The quantitative estimate of drug-likeness (QED) is 0.614. The second-order valence-electron chi connectivity index (χ2n) is 5.75. The molecule has 0 fully saturated rings. The number of halogens is 4. The van der Waals surface area contributed by atoms with Crippen molar-refractivity contribution in [2.45, 2.75) is 11.1 Å². The van der Waals surface area contributed by atoms with Crippen LogP contribution in [0.2, 0.25) is 5.02 Å². The van der Waals surface area contributed by atoms with E-state index in [2.05, 4.69) is 9.97 Å². The second kappa shape index (κ2) is 6.94. The van der Waals surface area contributed by atoms with Crippen LogP contribution in [0.15, 0.2) is 59.6 Å². The standard InChI is InChI=1S/C18H12ClF3N2O2S/c1-27(25,26)13-5-2-11(3-6-13)15-10-12(19)4-7-14(15)16-8-9-23-17(24-16)18(20,21)22/h2-10H,1H3. The van der Waals surface area contributed by atoms with Gasteiger partial charge in [0.2, 0.25) is 5.82 Å². The first-order valence-corrected chi connectivity index (χ1v) is 9.83. The van der Waals surface area contributed by atoms with Crippen LogP contribution in [0.5, 0.6) is 0 Å². The fraction of sp³-hybridized carbons (Fsp3) is 0.111. The van der Waals surface area contributed by atoms with Crippen molar-refractivity contribution >= 4 is 21.4 Å². The number of rotatable bonds is 3. The highest BCUT2D eigenvalue weighted by Crippen LogP contribution is 2.35. The maximum Gasteiger partial charge on any atom is 0.451 e. The molecule has 0 N–H and O–H groups in total. The van der Waals surface area contributed by atoms with Gasteiger partial charge in [-0.2, -0.15) is 13.2 Å². The minimum absolute atomic E-state index is 0.0798. The summed E-state index contributed by atoms with van der Waals surface area (Å²) < 4.78 is 62.0. The summed E-state index contributed by atoms with van der Waals surface area (Å²) in [6.45, 7) is 0. The number of aromatic nitrogens is 2. The fourth-order valence-corrected chi connectivity index (χ4v) is 3.31. The van der Waals surface area contributed by atoms with Crippen molar-refractivity contribution < 1.29 is 21.6 Å². The lowest BCUT2D eigenvalue weighted by atomic mass is 9.97. The number of nitrogens with zero attached hydrogens (tertiary/aromatic N) is 2. The summed E-state index contributed by atoms with van der Waals surface area (Å²) in [5.41, 5.74) is 1.61. The third-order valence-corrected chi connectivity index (χ3v) is 5.12. The van der Waals surface area contributed by atoms with Gasteiger partial charge in [0.25, 0.3) is 0 Å². The van der Waals surface area contributed by atoms with Crippen LogP contribution in [0.3, 0.4) is 0 Å². The van der Waals surface area contributed by atoms with E-state index in [0.29, 0.717) is 21.7 Å². The van der Waals surface area contributed by atoms with Gasteiger partial charge in [0.1, 0.15) is 0 Å². The van der Waals surface area contributed by atoms with E-state index >= 15 is 0 Å². The molecule has 1 aromatic heterocycles. The molecule has 2 aromatic carbocycles. The van der Waals surface area contributed by atoms with E-state index in [1.54, 1.807) is 30.3 Å². The van der Waals surface area contributed by atoms with Crippen LogP contribution in [0, 0.1) is 0 Å². The lowest BCUT2D eigenvalue weighted by Gasteiger charge is -2.12. The highest BCUT2D eigenvalue weighted by atomic mass is 35.5. The lowest BCUT2D eigenvalue weighted by Crippen LogP contribution is -2.11. The molecule has 0 radical (unpaired) electrons. The van der Waals surface area contributed by atoms with Crippen molar-refractivity contribution in [3.63, 3.8) is 0 Å². The Kier molecular flexibility index (Phi) is 4.96. The van der Waals surface area contributed by atoms with Gasteiger partial charge in [-0.15, -0.1) is 0 Å². The summed E-state index contributed by atoms with van der Waals surface area (Å²) in [6, 6.07) is 12.0. The average molecular weight is 413 g/mol. The van der Waals surface area contributed by atoms with Gasteiger partial charge in [-0.1, -0.05) is 29.8 Å². The third kappa shape index (κ3) is 4.28. The van der Waals surface area contributed by atoms with E-state index in [-0.39, 0.29) is 10.6 Å². The van der Waals surface area contributed by atoms with E-state index < -0.39 is 21.8 Å². The molecule has 4 nitrogen and oxygen atoms in total. The number of hydrogen-bond donors (Lipinski definition) is 0. The topological polar surface area (TPSA) is 59.9 Å². The van der Waals surface area contributed by atoms with Gasteiger partial charge in [-0.3, -0.25) is 0 Å². The zero-order chi connectivity index (χ0) is 19.8. The Hall–Kier alpha value is -2.45. The lowest BCUT2D eigenvalue weighted by molar-refractivity contribution is -0.144. The normalized spacial score (nSPS) is 12.2. The Bertz CT molecular complexity index is 1100. The molecular weight excluding hydrogens is 401 g/mol. The van der Waals surface area contributed by atoms with Gasteiger partial charge in [-0.05, 0) is 41.5 Å². The van der Waals surface area contributed by atoms with Crippen LogP contribution in [-0.4, -0.2) is 24.6 Å². The Morgan fingerprint density at radius 3 is 2.22 bits per heavy atom. The molecule has 0 unspecified atom stereocenters. The molecular formula is C18H12ClF3N2O2S. The monoisotopic (exact) mass is 412 g/mol. The molecule has 1 heterocycles. The Morgan fingerprint density at radius 1 is 0.963 bits per heavy atom. The zero-order valence-electron chi connectivity index (χ0n) is 13.8. The predicted octanol–water partition coefficient (Wildman–Crippen LogP) is 4.89. The molecule has 0 saturated heterocycles. The summed E-state index contributed by atoms with van der Waals surface area (Å²) in [5, 5.41) is 0.381. The fourth-order valence-electron chi connectivity index (χ4n) is 2.51. The smallest absolute Gasteiger partial charge is 0.233 e. The summed E-state index contributed by atoms with van der Waals surface area (Å²) in [6.07, 6.45) is -2.54. The minimum atomic E-state index is -4.67. The van der Waals surface area contributed by atoms with Gasteiger partial charge in [0, 0.05) is 23.0 Å². The first kappa shape index (κ1) is 19.3. The van der Waals surface area contributed by atoms with Crippen LogP contribution in [0.25, 0.3) is 22.4 Å². The van der Waals surface area contributed by atoms with Gasteiger partial charge < -0.3 is 0 Å². The number of sulfone groups is 1. The van der Waals surface area contributed by atoms with Crippen LogP contribution < -0.4 is 0 Å². The van der Waals surface area contributed by atoms with Crippen molar-refractivity contribution in [2.24, 2.45) is 0 Å². The van der Waals surface area contributed by atoms with Crippen molar-refractivity contribution in [1.29, 1.82) is 0 Å². The highest BCUT2D eigenvalue weighted by Gasteiger charge is 2.34. The van der Waals surface area contributed by atoms with E-state index in [1.807, 2.05) is 0 Å². The summed E-state index contributed by atoms with van der Waals surface area (Å²) in [4.78, 5) is 7.01. The van der Waals surface area contributed by atoms with E-state index in [9.17, 15) is 21.6 Å². The Balaban J connectivity index is 2.15. The van der Waals surface area contributed by atoms with Gasteiger partial charge >= 0.3 is 6.18 Å². The first-order valence-electron chi connectivity index (χ1n) is 7.56. The molecule has 0 aliphatic carbocycles. The van der Waals surface area contributed by atoms with Crippen LogP contribution in [0.4, 0.5) is 13.2 Å². The Labute approximate surface area is 158 Å². The number of hydrogen-bond acceptors (Lipinski definition) is 4. The molecule has 0 bridgehead atoms.